The van der Waals surface area contributed by atoms with Crippen LogP contribution in [-0.2, 0) is 4.74 Å². The third-order valence-electron chi connectivity index (χ3n) is 4.31. The normalized spacial score (nSPS) is 29.6. The molecule has 4 N–H and O–H groups in total. The van der Waals surface area contributed by atoms with E-state index in [2.05, 4.69) is 4.98 Å². The smallest absolute Gasteiger partial charge is 0.195 e. The topological polar surface area (TPSA) is 116 Å². The first kappa shape index (κ1) is 17.8. The lowest BCUT2D eigenvalue weighted by molar-refractivity contribution is -0.280. The summed E-state index contributed by atoms with van der Waals surface area (Å²) in [5.74, 6) is 0.398. The Morgan fingerprint density at radius 3 is 2.60 bits per heavy atom. The zero-order valence-electron chi connectivity index (χ0n) is 14.0. The van der Waals surface area contributed by atoms with Gasteiger partial charge in [-0.3, -0.25) is 4.98 Å². The highest BCUT2D eigenvalue weighted by Gasteiger charge is 2.45. The van der Waals surface area contributed by atoms with Crippen LogP contribution in [0.1, 0.15) is 0 Å². The number of hydrogen-bond acceptors (Lipinski definition) is 8. The fourth-order valence-corrected chi connectivity index (χ4v) is 2.84. The minimum Gasteiger partial charge on any atom is -0.482 e. The van der Waals surface area contributed by atoms with E-state index in [1.165, 1.54) is 0 Å². The van der Waals surface area contributed by atoms with Crippen LogP contribution in [-0.4, -0.2) is 76.8 Å². The number of benzene rings is 1. The summed E-state index contributed by atoms with van der Waals surface area (Å²) in [6.45, 7) is -0.521. The first-order valence-electron chi connectivity index (χ1n) is 7.95. The zero-order valence-corrected chi connectivity index (χ0v) is 14.0. The minimum atomic E-state index is -1.49. The van der Waals surface area contributed by atoms with E-state index in [0.29, 0.717) is 16.7 Å². The zero-order chi connectivity index (χ0) is 18.1. The molecule has 3 rings (SSSR count). The lowest BCUT2D eigenvalue weighted by Gasteiger charge is -2.39. The molecule has 8 heteroatoms. The molecule has 0 aliphatic carbocycles. The van der Waals surface area contributed by atoms with Crippen LogP contribution in [0.15, 0.2) is 30.5 Å². The number of aliphatic hydroxyl groups is 4. The quantitative estimate of drug-likeness (QED) is 0.582. The summed E-state index contributed by atoms with van der Waals surface area (Å²) >= 11 is 0. The van der Waals surface area contributed by atoms with Gasteiger partial charge in [-0.25, -0.2) is 0 Å². The lowest BCUT2D eigenvalue weighted by Crippen LogP contribution is -2.60. The summed E-state index contributed by atoms with van der Waals surface area (Å²) in [4.78, 5) is 6.21. The van der Waals surface area contributed by atoms with E-state index in [4.69, 9.17) is 14.6 Å². The number of ether oxygens (including phenoxy) is 2. The van der Waals surface area contributed by atoms with Crippen molar-refractivity contribution in [1.82, 2.24) is 4.98 Å². The second-order valence-corrected chi connectivity index (χ2v) is 6.22. The maximum Gasteiger partial charge on any atom is 0.195 e. The molecule has 1 aromatic heterocycles. The molecule has 2 heterocycles. The molecule has 1 fully saturated rings. The van der Waals surface area contributed by atoms with E-state index in [1.54, 1.807) is 12.3 Å². The lowest BCUT2D eigenvalue weighted by atomic mass is 9.99. The Bertz CT molecular complexity index is 740. The molecule has 8 nitrogen and oxygen atoms in total. The molecule has 0 saturated carbocycles. The first-order valence-corrected chi connectivity index (χ1v) is 7.95. The molecular formula is C17H22N2O6. The number of nitrogens with zero attached hydrogens (tertiary/aromatic N) is 2. The molecule has 0 bridgehead atoms. The van der Waals surface area contributed by atoms with Crippen molar-refractivity contribution in [1.29, 1.82) is 0 Å². The Morgan fingerprint density at radius 1 is 1.16 bits per heavy atom. The van der Waals surface area contributed by atoms with Crippen LogP contribution in [0.2, 0.25) is 0 Å². The minimum absolute atomic E-state index is 0.398. The van der Waals surface area contributed by atoms with Gasteiger partial charge in [-0.05, 0) is 24.3 Å². The molecule has 136 valence electrons. The molecule has 1 aliphatic rings. The van der Waals surface area contributed by atoms with E-state index in [0.717, 1.165) is 5.69 Å². The third kappa shape index (κ3) is 3.39. The number of aromatic nitrogens is 1. The van der Waals surface area contributed by atoms with Crippen LogP contribution < -0.4 is 9.64 Å². The summed E-state index contributed by atoms with van der Waals surface area (Å²) in [5.41, 5.74) is 1.63. The number of hydrogen-bond donors (Lipinski definition) is 4. The average Bonchev–Trinajstić information content (AvgIpc) is 2.61. The van der Waals surface area contributed by atoms with Gasteiger partial charge in [-0.2, -0.15) is 0 Å². The van der Waals surface area contributed by atoms with Crippen molar-refractivity contribution in [2.75, 3.05) is 25.6 Å². The van der Waals surface area contributed by atoms with Crippen LogP contribution in [0.3, 0.4) is 0 Å². The summed E-state index contributed by atoms with van der Waals surface area (Å²) in [6, 6.07) is 7.26. The van der Waals surface area contributed by atoms with Crippen molar-refractivity contribution in [3.8, 4) is 5.75 Å². The van der Waals surface area contributed by atoms with Gasteiger partial charge in [0.2, 0.25) is 0 Å². The van der Waals surface area contributed by atoms with Crippen molar-refractivity contribution in [2.45, 2.75) is 30.7 Å². The molecule has 2 aromatic rings. The maximum absolute atomic E-state index is 10.2. The van der Waals surface area contributed by atoms with Crippen molar-refractivity contribution in [3.05, 3.63) is 30.5 Å². The molecule has 0 spiro atoms. The average molecular weight is 350 g/mol. The number of anilines is 1. The number of pyridine rings is 1. The second kappa shape index (κ2) is 7.11. The van der Waals surface area contributed by atoms with Crippen molar-refractivity contribution < 1.29 is 29.9 Å². The highest BCUT2D eigenvalue weighted by Crippen LogP contribution is 2.31. The van der Waals surface area contributed by atoms with Gasteiger partial charge in [-0.15, -0.1) is 0 Å². The molecule has 1 aromatic carbocycles. The Kier molecular flexibility index (Phi) is 5.07. The van der Waals surface area contributed by atoms with E-state index in [1.807, 2.05) is 37.2 Å². The Labute approximate surface area is 144 Å². The summed E-state index contributed by atoms with van der Waals surface area (Å²) in [7, 11) is 3.82. The monoisotopic (exact) mass is 350 g/mol. The van der Waals surface area contributed by atoms with Crippen LogP contribution in [0.25, 0.3) is 10.9 Å². The van der Waals surface area contributed by atoms with Crippen LogP contribution in [0.5, 0.6) is 5.75 Å². The van der Waals surface area contributed by atoms with Crippen molar-refractivity contribution in [3.63, 3.8) is 0 Å². The van der Waals surface area contributed by atoms with Gasteiger partial charge in [-0.1, -0.05) is 0 Å². The molecule has 0 radical (unpaired) electrons. The predicted molar refractivity (Wildman–Crippen MR) is 90.5 cm³/mol. The van der Waals surface area contributed by atoms with Crippen LogP contribution in [0.4, 0.5) is 5.69 Å². The largest absolute Gasteiger partial charge is 0.482 e. The SMILES string of the molecule is CN(C)c1ccc2nccc(O[C@@H]3C(O)[C@H](O)C(CO)O[C@@H]3O)c2c1. The summed E-state index contributed by atoms with van der Waals surface area (Å²) < 4.78 is 10.9. The molecule has 25 heavy (non-hydrogen) atoms. The number of rotatable bonds is 4. The molecule has 1 aliphatic heterocycles. The molecule has 0 amide bonds. The van der Waals surface area contributed by atoms with Gasteiger partial charge >= 0.3 is 0 Å². The van der Waals surface area contributed by atoms with E-state index >= 15 is 0 Å². The fourth-order valence-electron chi connectivity index (χ4n) is 2.84. The maximum atomic E-state index is 10.2. The van der Waals surface area contributed by atoms with Gasteiger partial charge < -0.3 is 34.8 Å². The highest BCUT2D eigenvalue weighted by molar-refractivity contribution is 5.88. The van der Waals surface area contributed by atoms with E-state index < -0.39 is 37.3 Å². The van der Waals surface area contributed by atoms with Gasteiger partial charge in [0.05, 0.1) is 12.1 Å². The van der Waals surface area contributed by atoms with Crippen LogP contribution >= 0.6 is 0 Å². The van der Waals surface area contributed by atoms with Crippen molar-refractivity contribution in [2.24, 2.45) is 0 Å². The standard InChI is InChI=1S/C17H22N2O6/c1-19(2)9-3-4-11-10(7-9)12(5-6-18-11)24-16-15(22)14(21)13(8-20)25-17(16)23/h3-7,13-17,20-23H,8H2,1-2H3/t13?,14-,15?,16-,17+/m1/s1. The summed E-state index contributed by atoms with van der Waals surface area (Å²) in [5, 5.41) is 40.1. The highest BCUT2D eigenvalue weighted by atomic mass is 16.7. The predicted octanol–water partition coefficient (Wildman–Crippen LogP) is -0.521. The van der Waals surface area contributed by atoms with E-state index in [9.17, 15) is 15.3 Å². The van der Waals surface area contributed by atoms with Gasteiger partial charge in [0.15, 0.2) is 12.4 Å². The van der Waals surface area contributed by atoms with Crippen LogP contribution in [0, 0.1) is 0 Å². The Hall–Kier alpha value is -1.97. The summed E-state index contributed by atoms with van der Waals surface area (Å²) in [6.07, 6.45) is -4.99. The molecule has 1 saturated heterocycles. The third-order valence-corrected chi connectivity index (χ3v) is 4.31. The van der Waals surface area contributed by atoms with E-state index in [-0.39, 0.29) is 0 Å². The fraction of sp³-hybridized carbons (Fsp3) is 0.471. The van der Waals surface area contributed by atoms with Crippen molar-refractivity contribution >= 4 is 16.6 Å². The number of aliphatic hydroxyl groups excluding tert-OH is 4. The Morgan fingerprint density at radius 2 is 1.92 bits per heavy atom. The Balaban J connectivity index is 1.93. The molecular weight excluding hydrogens is 328 g/mol. The second-order valence-electron chi connectivity index (χ2n) is 6.22. The van der Waals surface area contributed by atoms with Gasteiger partial charge in [0.1, 0.15) is 24.1 Å². The first-order chi connectivity index (χ1) is 11.9. The van der Waals surface area contributed by atoms with Gasteiger partial charge in [0, 0.05) is 31.4 Å². The molecule has 5 atom stereocenters. The van der Waals surface area contributed by atoms with Gasteiger partial charge in [0.25, 0.3) is 0 Å². The molecule has 2 unspecified atom stereocenters. The number of fused-ring (bicyclic) bond motifs is 1.